The lowest BCUT2D eigenvalue weighted by Gasteiger charge is -2.34. The second-order valence-electron chi connectivity index (χ2n) is 3.59. The number of carbonyl (C=O) groups excluding carboxylic acids is 1. The maximum Gasteiger partial charge on any atom is 0.225 e. The van der Waals surface area contributed by atoms with Gasteiger partial charge in [-0.25, -0.2) is 0 Å². The summed E-state index contributed by atoms with van der Waals surface area (Å²) in [6.07, 6.45) is 0.512. The number of amides is 1. The lowest BCUT2D eigenvalue weighted by molar-refractivity contribution is -0.135. The molecule has 1 aliphatic rings. The molecule has 1 amide bonds. The first-order valence-corrected chi connectivity index (χ1v) is 5.33. The molecule has 14 heavy (non-hydrogen) atoms. The molecule has 0 radical (unpaired) electrons. The fourth-order valence-electron chi connectivity index (χ4n) is 1.66. The second kappa shape index (κ2) is 5.98. The third-order valence-electron chi connectivity index (χ3n) is 2.49. The summed E-state index contributed by atoms with van der Waals surface area (Å²) >= 11 is 0. The van der Waals surface area contributed by atoms with Crippen molar-refractivity contribution < 1.29 is 9.53 Å². The van der Waals surface area contributed by atoms with Crippen LogP contribution >= 0.6 is 0 Å². The summed E-state index contributed by atoms with van der Waals surface area (Å²) in [7, 11) is 0. The average Bonchev–Trinajstić information content (AvgIpc) is 2.18. The zero-order chi connectivity index (χ0) is 10.4. The van der Waals surface area contributed by atoms with Crippen LogP contribution in [0.5, 0.6) is 0 Å². The Kier molecular flexibility index (Phi) is 4.90. The van der Waals surface area contributed by atoms with Gasteiger partial charge < -0.3 is 15.0 Å². The largest absolute Gasteiger partial charge is 0.381 e. The molecule has 0 aliphatic carbocycles. The van der Waals surface area contributed by atoms with E-state index in [1.54, 1.807) is 0 Å². The highest BCUT2D eigenvalue weighted by Crippen LogP contribution is 2.04. The molecule has 0 aromatic heterocycles. The number of hydrogen-bond acceptors (Lipinski definition) is 3. The molecular weight excluding hydrogens is 180 g/mol. The zero-order valence-electron chi connectivity index (χ0n) is 9.08. The van der Waals surface area contributed by atoms with Gasteiger partial charge in [0.05, 0.1) is 13.0 Å². The molecule has 1 atom stereocenters. The van der Waals surface area contributed by atoms with Crippen LogP contribution in [0.15, 0.2) is 0 Å². The van der Waals surface area contributed by atoms with Crippen molar-refractivity contribution in [3.63, 3.8) is 0 Å². The maximum absolute atomic E-state index is 11.7. The van der Waals surface area contributed by atoms with Crippen LogP contribution in [0.3, 0.4) is 0 Å². The van der Waals surface area contributed by atoms with Crippen molar-refractivity contribution in [2.24, 2.45) is 0 Å². The van der Waals surface area contributed by atoms with Gasteiger partial charge in [0.25, 0.3) is 0 Å². The maximum atomic E-state index is 11.7. The molecule has 1 saturated heterocycles. The first kappa shape index (κ1) is 11.5. The molecule has 0 saturated carbocycles. The van der Waals surface area contributed by atoms with Gasteiger partial charge in [-0.3, -0.25) is 4.79 Å². The van der Waals surface area contributed by atoms with Gasteiger partial charge in [-0.05, 0) is 13.8 Å². The van der Waals surface area contributed by atoms with Crippen LogP contribution in [0, 0.1) is 0 Å². The molecule has 0 spiro atoms. The van der Waals surface area contributed by atoms with E-state index in [1.807, 2.05) is 11.8 Å². The number of rotatable bonds is 4. The first-order valence-electron chi connectivity index (χ1n) is 5.33. The van der Waals surface area contributed by atoms with Crippen LogP contribution < -0.4 is 5.32 Å². The van der Waals surface area contributed by atoms with E-state index in [0.717, 1.165) is 19.6 Å². The highest BCUT2D eigenvalue weighted by atomic mass is 16.5. The summed E-state index contributed by atoms with van der Waals surface area (Å²) in [5.74, 6) is 0.215. The van der Waals surface area contributed by atoms with Gasteiger partial charge >= 0.3 is 0 Å². The first-order chi connectivity index (χ1) is 6.75. The molecular formula is C10H20N2O2. The SMILES string of the molecule is CCOCCC(=O)N1CCNC[C@@H]1C. The van der Waals surface area contributed by atoms with E-state index in [0.29, 0.717) is 25.7 Å². The Morgan fingerprint density at radius 2 is 2.43 bits per heavy atom. The summed E-state index contributed by atoms with van der Waals surface area (Å²) in [5, 5.41) is 3.26. The summed E-state index contributed by atoms with van der Waals surface area (Å²) < 4.78 is 5.17. The van der Waals surface area contributed by atoms with Crippen molar-refractivity contribution in [1.29, 1.82) is 0 Å². The molecule has 1 rings (SSSR count). The lowest BCUT2D eigenvalue weighted by atomic mass is 10.2. The van der Waals surface area contributed by atoms with E-state index in [2.05, 4.69) is 12.2 Å². The van der Waals surface area contributed by atoms with Crippen LogP contribution in [0.2, 0.25) is 0 Å². The van der Waals surface area contributed by atoms with Crippen molar-refractivity contribution in [1.82, 2.24) is 10.2 Å². The van der Waals surface area contributed by atoms with Gasteiger partial charge in [0, 0.05) is 32.3 Å². The molecule has 4 nitrogen and oxygen atoms in total. The van der Waals surface area contributed by atoms with E-state index >= 15 is 0 Å². The Balaban J connectivity index is 2.27. The van der Waals surface area contributed by atoms with E-state index in [9.17, 15) is 4.79 Å². The van der Waals surface area contributed by atoms with Gasteiger partial charge in [0.1, 0.15) is 0 Å². The van der Waals surface area contributed by atoms with Crippen LogP contribution in [0.1, 0.15) is 20.3 Å². The summed E-state index contributed by atoms with van der Waals surface area (Å²) in [4.78, 5) is 13.6. The fourth-order valence-corrected chi connectivity index (χ4v) is 1.66. The number of carbonyl (C=O) groups is 1. The Bertz CT molecular complexity index is 185. The minimum Gasteiger partial charge on any atom is -0.381 e. The molecule has 4 heteroatoms. The quantitative estimate of drug-likeness (QED) is 0.661. The minimum atomic E-state index is 0.215. The molecule has 1 heterocycles. The smallest absolute Gasteiger partial charge is 0.225 e. The van der Waals surface area contributed by atoms with E-state index in [-0.39, 0.29) is 5.91 Å². The van der Waals surface area contributed by atoms with Gasteiger partial charge in [0.2, 0.25) is 5.91 Å². The number of ether oxygens (including phenoxy) is 1. The lowest BCUT2D eigenvalue weighted by Crippen LogP contribution is -2.52. The third kappa shape index (κ3) is 3.27. The molecule has 1 N–H and O–H groups in total. The molecule has 1 fully saturated rings. The second-order valence-corrected chi connectivity index (χ2v) is 3.59. The summed E-state index contributed by atoms with van der Waals surface area (Å²) in [5.41, 5.74) is 0. The van der Waals surface area contributed by atoms with E-state index < -0.39 is 0 Å². The molecule has 82 valence electrons. The predicted molar refractivity (Wildman–Crippen MR) is 55.2 cm³/mol. The summed E-state index contributed by atoms with van der Waals surface area (Å²) in [6, 6.07) is 0.317. The Morgan fingerprint density at radius 3 is 3.07 bits per heavy atom. The van der Waals surface area contributed by atoms with Gasteiger partial charge in [-0.15, -0.1) is 0 Å². The van der Waals surface area contributed by atoms with Crippen molar-refractivity contribution in [2.75, 3.05) is 32.8 Å². The van der Waals surface area contributed by atoms with E-state index in [4.69, 9.17) is 4.74 Å². The molecule has 0 aromatic carbocycles. The normalized spacial score (nSPS) is 22.4. The topological polar surface area (TPSA) is 41.6 Å². The highest BCUT2D eigenvalue weighted by Gasteiger charge is 2.22. The fraction of sp³-hybridized carbons (Fsp3) is 0.900. The Morgan fingerprint density at radius 1 is 1.64 bits per heavy atom. The van der Waals surface area contributed by atoms with Crippen LogP contribution in [0.4, 0.5) is 0 Å². The van der Waals surface area contributed by atoms with Crippen molar-refractivity contribution in [2.45, 2.75) is 26.3 Å². The van der Waals surface area contributed by atoms with Crippen molar-refractivity contribution >= 4 is 5.91 Å². The van der Waals surface area contributed by atoms with E-state index in [1.165, 1.54) is 0 Å². The van der Waals surface area contributed by atoms with Gasteiger partial charge in [-0.1, -0.05) is 0 Å². The highest BCUT2D eigenvalue weighted by molar-refractivity contribution is 5.76. The number of nitrogens with one attached hydrogen (secondary N) is 1. The average molecular weight is 200 g/mol. The standard InChI is InChI=1S/C10H20N2O2/c1-3-14-7-4-10(13)12-6-5-11-8-9(12)2/h9,11H,3-8H2,1-2H3/t9-/m0/s1. The molecule has 0 aromatic rings. The Labute approximate surface area is 85.6 Å². The summed E-state index contributed by atoms with van der Waals surface area (Å²) in [6.45, 7) is 7.89. The van der Waals surface area contributed by atoms with Crippen molar-refractivity contribution in [3.8, 4) is 0 Å². The molecule has 0 unspecified atom stereocenters. The third-order valence-corrected chi connectivity index (χ3v) is 2.49. The van der Waals surface area contributed by atoms with Gasteiger partial charge in [0.15, 0.2) is 0 Å². The van der Waals surface area contributed by atoms with Crippen LogP contribution in [0.25, 0.3) is 0 Å². The number of piperazine rings is 1. The van der Waals surface area contributed by atoms with Crippen LogP contribution in [-0.2, 0) is 9.53 Å². The number of nitrogens with zero attached hydrogens (tertiary/aromatic N) is 1. The minimum absolute atomic E-state index is 0.215. The Hall–Kier alpha value is -0.610. The zero-order valence-corrected chi connectivity index (χ0v) is 9.08. The van der Waals surface area contributed by atoms with Crippen LogP contribution in [-0.4, -0.2) is 49.7 Å². The number of hydrogen-bond donors (Lipinski definition) is 1. The molecule has 0 bridgehead atoms. The predicted octanol–water partition coefficient (Wildman–Crippen LogP) is 0.233. The van der Waals surface area contributed by atoms with Crippen molar-refractivity contribution in [3.05, 3.63) is 0 Å². The van der Waals surface area contributed by atoms with Gasteiger partial charge in [-0.2, -0.15) is 0 Å². The monoisotopic (exact) mass is 200 g/mol. The molecule has 1 aliphatic heterocycles.